The molecule has 0 unspecified atom stereocenters. The van der Waals surface area contributed by atoms with Gasteiger partial charge in [0.1, 0.15) is 23.8 Å². The molecule has 0 aliphatic carbocycles. The van der Waals surface area contributed by atoms with Gasteiger partial charge in [-0.1, -0.05) is 0 Å². The molecular formula is C21H20N8O. The molecule has 0 N–H and O–H groups in total. The highest BCUT2D eigenvalue weighted by molar-refractivity contribution is 5.97. The minimum absolute atomic E-state index is 0.0141. The topological polar surface area (TPSA) is 92.9 Å². The smallest absolute Gasteiger partial charge is 0.254 e. The van der Waals surface area contributed by atoms with Gasteiger partial charge in [0.25, 0.3) is 5.91 Å². The second-order valence-electron chi connectivity index (χ2n) is 7.14. The van der Waals surface area contributed by atoms with Crippen molar-refractivity contribution in [3.63, 3.8) is 0 Å². The Kier molecular flexibility index (Phi) is 4.55. The fourth-order valence-electron chi connectivity index (χ4n) is 3.64. The van der Waals surface area contributed by atoms with Crippen LogP contribution in [0.2, 0.25) is 0 Å². The van der Waals surface area contributed by atoms with Crippen LogP contribution >= 0.6 is 0 Å². The highest BCUT2D eigenvalue weighted by atomic mass is 16.2. The van der Waals surface area contributed by atoms with Crippen LogP contribution < -0.4 is 4.90 Å². The Labute approximate surface area is 173 Å². The summed E-state index contributed by atoms with van der Waals surface area (Å²) in [6.45, 7) is 4.55. The van der Waals surface area contributed by atoms with Crippen LogP contribution in [0.5, 0.6) is 0 Å². The van der Waals surface area contributed by atoms with Gasteiger partial charge in [0.05, 0.1) is 11.0 Å². The maximum atomic E-state index is 13.0. The Morgan fingerprint density at radius 2 is 1.67 bits per heavy atom. The summed E-state index contributed by atoms with van der Waals surface area (Å²) in [6.07, 6.45) is 8.58. The van der Waals surface area contributed by atoms with Crippen molar-refractivity contribution in [1.29, 1.82) is 0 Å². The van der Waals surface area contributed by atoms with E-state index in [0.29, 0.717) is 37.6 Å². The fourth-order valence-corrected chi connectivity index (χ4v) is 3.64. The van der Waals surface area contributed by atoms with Crippen molar-refractivity contribution < 1.29 is 4.79 Å². The third-order valence-electron chi connectivity index (χ3n) is 5.19. The number of carbonyl (C=O) groups excluding carboxylic acids is 1. The summed E-state index contributed by atoms with van der Waals surface area (Å²) >= 11 is 0. The molecular weight excluding hydrogens is 380 g/mol. The zero-order valence-electron chi connectivity index (χ0n) is 16.5. The Bertz CT molecular complexity index is 1200. The molecule has 1 aliphatic heterocycles. The number of rotatable bonds is 3. The first-order valence-electron chi connectivity index (χ1n) is 9.76. The van der Waals surface area contributed by atoms with Crippen LogP contribution in [0.3, 0.4) is 0 Å². The fraction of sp³-hybridized carbons (Fsp3) is 0.238. The average molecular weight is 400 g/mol. The number of aromatic nitrogens is 6. The number of imidazole rings is 1. The van der Waals surface area contributed by atoms with Crippen LogP contribution in [0.4, 0.5) is 5.82 Å². The van der Waals surface area contributed by atoms with Crippen molar-refractivity contribution in [2.24, 2.45) is 0 Å². The van der Waals surface area contributed by atoms with Crippen molar-refractivity contribution in [2.75, 3.05) is 31.1 Å². The molecule has 1 aromatic carbocycles. The van der Waals surface area contributed by atoms with E-state index in [1.165, 1.54) is 0 Å². The van der Waals surface area contributed by atoms with Crippen molar-refractivity contribution in [2.45, 2.75) is 6.92 Å². The third kappa shape index (κ3) is 3.45. The second-order valence-corrected chi connectivity index (χ2v) is 7.14. The summed E-state index contributed by atoms with van der Waals surface area (Å²) in [6, 6.07) is 7.42. The Morgan fingerprint density at radius 3 is 2.43 bits per heavy atom. The molecule has 30 heavy (non-hydrogen) atoms. The van der Waals surface area contributed by atoms with Crippen LogP contribution in [0, 0.1) is 6.92 Å². The van der Waals surface area contributed by atoms with E-state index in [0.717, 1.165) is 22.7 Å². The number of hydrogen-bond acceptors (Lipinski definition) is 7. The third-order valence-corrected chi connectivity index (χ3v) is 5.19. The van der Waals surface area contributed by atoms with Crippen molar-refractivity contribution in [1.82, 2.24) is 34.4 Å². The summed E-state index contributed by atoms with van der Waals surface area (Å²) in [5.74, 6) is 2.36. The summed E-state index contributed by atoms with van der Waals surface area (Å²) < 4.78 is 1.86. The van der Waals surface area contributed by atoms with E-state index in [-0.39, 0.29) is 5.91 Å². The largest absolute Gasteiger partial charge is 0.353 e. The zero-order valence-corrected chi connectivity index (χ0v) is 16.5. The predicted molar refractivity (Wildman–Crippen MR) is 112 cm³/mol. The normalized spacial score (nSPS) is 14.3. The second kappa shape index (κ2) is 7.51. The van der Waals surface area contributed by atoms with Crippen LogP contribution in [-0.2, 0) is 0 Å². The SMILES string of the molecule is Cc1nc(N2CCN(C(=O)c3ccc4nccnc4c3)CC2)cc(-n2ccnc2)n1. The predicted octanol–water partition coefficient (Wildman–Crippen LogP) is 1.88. The number of aryl methyl sites for hydroxylation is 1. The monoisotopic (exact) mass is 400 g/mol. The van der Waals surface area contributed by atoms with Gasteiger partial charge < -0.3 is 9.80 Å². The van der Waals surface area contributed by atoms with Gasteiger partial charge in [0.2, 0.25) is 0 Å². The van der Waals surface area contributed by atoms with Gasteiger partial charge in [-0.05, 0) is 25.1 Å². The number of benzene rings is 1. The van der Waals surface area contributed by atoms with E-state index in [1.54, 1.807) is 24.9 Å². The number of nitrogens with zero attached hydrogens (tertiary/aromatic N) is 8. The van der Waals surface area contributed by atoms with E-state index in [1.807, 2.05) is 46.9 Å². The molecule has 150 valence electrons. The zero-order chi connectivity index (χ0) is 20.5. The number of fused-ring (bicyclic) bond motifs is 1. The first-order chi connectivity index (χ1) is 14.7. The minimum atomic E-state index is 0.0141. The van der Waals surface area contributed by atoms with Crippen LogP contribution in [-0.4, -0.2) is 66.5 Å². The molecule has 4 heterocycles. The molecule has 4 aromatic rings. The first-order valence-corrected chi connectivity index (χ1v) is 9.76. The minimum Gasteiger partial charge on any atom is -0.353 e. The number of piperazine rings is 1. The first kappa shape index (κ1) is 18.2. The molecule has 9 nitrogen and oxygen atoms in total. The molecule has 0 atom stereocenters. The van der Waals surface area contributed by atoms with Gasteiger partial charge >= 0.3 is 0 Å². The number of anilines is 1. The highest BCUT2D eigenvalue weighted by Crippen LogP contribution is 2.19. The van der Waals surface area contributed by atoms with E-state index in [2.05, 4.69) is 29.8 Å². The van der Waals surface area contributed by atoms with Crippen LogP contribution in [0.1, 0.15) is 16.2 Å². The molecule has 1 amide bonds. The van der Waals surface area contributed by atoms with Gasteiger partial charge in [0.15, 0.2) is 0 Å². The molecule has 3 aromatic heterocycles. The lowest BCUT2D eigenvalue weighted by atomic mass is 10.1. The highest BCUT2D eigenvalue weighted by Gasteiger charge is 2.24. The van der Waals surface area contributed by atoms with Crippen molar-refractivity contribution >= 4 is 22.8 Å². The standard InChI is InChI=1S/C21H20N8O/c1-15-25-19(13-20(26-15)29-7-6-22-14-29)27-8-10-28(11-9-27)21(30)16-2-3-17-18(12-16)24-5-4-23-17/h2-7,12-14H,8-11H2,1H3. The van der Waals surface area contributed by atoms with Crippen molar-refractivity contribution in [3.05, 3.63) is 66.8 Å². The lowest BCUT2D eigenvalue weighted by Gasteiger charge is -2.35. The summed E-state index contributed by atoms with van der Waals surface area (Å²) in [4.78, 5) is 38.8. The number of amides is 1. The van der Waals surface area contributed by atoms with E-state index >= 15 is 0 Å². The quantitative estimate of drug-likeness (QED) is 0.518. The molecule has 0 saturated carbocycles. The lowest BCUT2D eigenvalue weighted by Crippen LogP contribution is -2.49. The molecule has 1 aliphatic rings. The van der Waals surface area contributed by atoms with Crippen LogP contribution in [0.15, 0.2) is 55.4 Å². The lowest BCUT2D eigenvalue weighted by molar-refractivity contribution is 0.0746. The molecule has 0 radical (unpaired) electrons. The Balaban J connectivity index is 1.31. The van der Waals surface area contributed by atoms with Gasteiger partial charge in [-0.2, -0.15) is 0 Å². The molecule has 1 fully saturated rings. The van der Waals surface area contributed by atoms with E-state index in [9.17, 15) is 4.79 Å². The van der Waals surface area contributed by atoms with E-state index < -0.39 is 0 Å². The molecule has 9 heteroatoms. The molecule has 5 rings (SSSR count). The summed E-state index contributed by atoms with van der Waals surface area (Å²) in [5.41, 5.74) is 2.15. The van der Waals surface area contributed by atoms with E-state index in [4.69, 9.17) is 0 Å². The molecule has 0 bridgehead atoms. The van der Waals surface area contributed by atoms with Gasteiger partial charge in [-0.15, -0.1) is 0 Å². The van der Waals surface area contributed by atoms with Crippen LogP contribution in [0.25, 0.3) is 16.9 Å². The summed E-state index contributed by atoms with van der Waals surface area (Å²) in [7, 11) is 0. The van der Waals surface area contributed by atoms with Gasteiger partial charge in [-0.3, -0.25) is 19.3 Å². The van der Waals surface area contributed by atoms with Gasteiger partial charge in [-0.25, -0.2) is 15.0 Å². The number of hydrogen-bond donors (Lipinski definition) is 0. The Hall–Kier alpha value is -3.88. The summed E-state index contributed by atoms with van der Waals surface area (Å²) in [5, 5.41) is 0. The van der Waals surface area contributed by atoms with Crippen molar-refractivity contribution in [3.8, 4) is 5.82 Å². The maximum Gasteiger partial charge on any atom is 0.254 e. The molecule has 1 saturated heterocycles. The van der Waals surface area contributed by atoms with Gasteiger partial charge in [0, 0.05) is 62.6 Å². The average Bonchev–Trinajstić information content (AvgIpc) is 3.33. The Morgan fingerprint density at radius 1 is 0.900 bits per heavy atom. The molecule has 0 spiro atoms. The maximum absolute atomic E-state index is 13.0. The number of carbonyl (C=O) groups is 1.